The Bertz CT molecular complexity index is 406. The van der Waals surface area contributed by atoms with E-state index in [0.717, 1.165) is 12.8 Å². The number of anilines is 1. The lowest BCUT2D eigenvalue weighted by Crippen LogP contribution is -2.41. The summed E-state index contributed by atoms with van der Waals surface area (Å²) in [6, 6.07) is 3.45. The Labute approximate surface area is 114 Å². The summed E-state index contributed by atoms with van der Waals surface area (Å²) in [6.45, 7) is 3.89. The SMILES string of the molecule is CCCCC(C)(OC)C(=O)Nc1ccc(OC)nc1. The summed E-state index contributed by atoms with van der Waals surface area (Å²) in [5, 5.41) is 2.81. The third-order valence-electron chi connectivity index (χ3n) is 3.14. The summed E-state index contributed by atoms with van der Waals surface area (Å²) in [5.41, 5.74) is -0.179. The first-order valence-corrected chi connectivity index (χ1v) is 6.42. The second kappa shape index (κ2) is 7.09. The van der Waals surface area contributed by atoms with Gasteiger partial charge in [-0.1, -0.05) is 19.8 Å². The van der Waals surface area contributed by atoms with Crippen LogP contribution < -0.4 is 10.1 Å². The number of nitrogens with one attached hydrogen (secondary N) is 1. The Morgan fingerprint density at radius 2 is 2.16 bits per heavy atom. The molecule has 0 fully saturated rings. The minimum Gasteiger partial charge on any atom is -0.481 e. The summed E-state index contributed by atoms with van der Waals surface area (Å²) in [4.78, 5) is 16.3. The van der Waals surface area contributed by atoms with E-state index >= 15 is 0 Å². The van der Waals surface area contributed by atoms with Gasteiger partial charge in [0.05, 0.1) is 19.0 Å². The maximum Gasteiger partial charge on any atom is 0.256 e. The van der Waals surface area contributed by atoms with Crippen LogP contribution in [0.25, 0.3) is 0 Å². The zero-order valence-corrected chi connectivity index (χ0v) is 12.0. The van der Waals surface area contributed by atoms with Crippen molar-refractivity contribution in [1.29, 1.82) is 0 Å². The Morgan fingerprint density at radius 3 is 2.63 bits per heavy atom. The highest BCUT2D eigenvalue weighted by molar-refractivity contribution is 5.96. The van der Waals surface area contributed by atoms with Crippen molar-refractivity contribution in [2.24, 2.45) is 0 Å². The van der Waals surface area contributed by atoms with E-state index < -0.39 is 5.60 Å². The van der Waals surface area contributed by atoms with Crippen LogP contribution in [0.2, 0.25) is 0 Å². The summed E-state index contributed by atoms with van der Waals surface area (Å²) < 4.78 is 10.3. The number of amides is 1. The fourth-order valence-electron chi connectivity index (χ4n) is 1.66. The first-order chi connectivity index (χ1) is 9.05. The summed E-state index contributed by atoms with van der Waals surface area (Å²) in [7, 11) is 3.11. The minimum atomic E-state index is -0.810. The van der Waals surface area contributed by atoms with Gasteiger partial charge in [0.2, 0.25) is 5.88 Å². The number of hydrogen-bond acceptors (Lipinski definition) is 4. The van der Waals surface area contributed by atoms with Crippen LogP contribution in [-0.4, -0.2) is 30.7 Å². The fourth-order valence-corrected chi connectivity index (χ4v) is 1.66. The monoisotopic (exact) mass is 266 g/mol. The Hall–Kier alpha value is -1.62. The van der Waals surface area contributed by atoms with Gasteiger partial charge in [0.1, 0.15) is 5.60 Å². The van der Waals surface area contributed by atoms with Crippen molar-refractivity contribution in [1.82, 2.24) is 4.98 Å². The number of carbonyl (C=O) groups is 1. The van der Waals surface area contributed by atoms with Crippen molar-refractivity contribution >= 4 is 11.6 Å². The van der Waals surface area contributed by atoms with E-state index in [1.807, 2.05) is 0 Å². The van der Waals surface area contributed by atoms with Crippen LogP contribution in [-0.2, 0) is 9.53 Å². The Balaban J connectivity index is 2.70. The van der Waals surface area contributed by atoms with Crippen LogP contribution in [0.3, 0.4) is 0 Å². The molecule has 1 unspecified atom stereocenters. The first-order valence-electron chi connectivity index (χ1n) is 6.42. The normalized spacial score (nSPS) is 13.7. The molecule has 19 heavy (non-hydrogen) atoms. The average molecular weight is 266 g/mol. The number of nitrogens with zero attached hydrogens (tertiary/aromatic N) is 1. The van der Waals surface area contributed by atoms with Crippen molar-refractivity contribution in [2.75, 3.05) is 19.5 Å². The van der Waals surface area contributed by atoms with E-state index in [0.29, 0.717) is 18.0 Å². The molecule has 0 saturated heterocycles. The van der Waals surface area contributed by atoms with Crippen molar-refractivity contribution < 1.29 is 14.3 Å². The molecular weight excluding hydrogens is 244 g/mol. The van der Waals surface area contributed by atoms with Gasteiger partial charge in [-0.15, -0.1) is 0 Å². The predicted molar refractivity (Wildman–Crippen MR) is 74.4 cm³/mol. The van der Waals surface area contributed by atoms with Crippen LogP contribution in [0.1, 0.15) is 33.1 Å². The van der Waals surface area contributed by atoms with E-state index in [9.17, 15) is 4.79 Å². The number of unbranched alkanes of at least 4 members (excludes halogenated alkanes) is 1. The lowest BCUT2D eigenvalue weighted by Gasteiger charge is -2.26. The van der Waals surface area contributed by atoms with E-state index in [4.69, 9.17) is 9.47 Å². The third kappa shape index (κ3) is 4.21. The van der Waals surface area contributed by atoms with E-state index in [1.54, 1.807) is 39.5 Å². The molecular formula is C14H22N2O3. The number of aromatic nitrogens is 1. The Morgan fingerprint density at radius 1 is 1.42 bits per heavy atom. The molecule has 0 spiro atoms. The lowest BCUT2D eigenvalue weighted by atomic mass is 9.97. The number of hydrogen-bond donors (Lipinski definition) is 1. The molecule has 1 heterocycles. The number of pyridine rings is 1. The van der Waals surface area contributed by atoms with Gasteiger partial charge in [-0.05, 0) is 19.4 Å². The molecule has 1 amide bonds. The molecule has 1 rings (SSSR count). The van der Waals surface area contributed by atoms with Crippen molar-refractivity contribution in [2.45, 2.75) is 38.7 Å². The first kappa shape index (κ1) is 15.4. The maximum atomic E-state index is 12.2. The molecule has 0 aliphatic heterocycles. The second-order valence-electron chi connectivity index (χ2n) is 4.58. The van der Waals surface area contributed by atoms with Crippen molar-refractivity contribution in [3.8, 4) is 5.88 Å². The highest BCUT2D eigenvalue weighted by atomic mass is 16.5. The molecule has 1 aromatic heterocycles. The molecule has 0 aromatic carbocycles. The zero-order valence-electron chi connectivity index (χ0n) is 12.0. The molecule has 1 N–H and O–H groups in total. The maximum absolute atomic E-state index is 12.2. The van der Waals surface area contributed by atoms with Gasteiger partial charge in [0.25, 0.3) is 5.91 Å². The third-order valence-corrected chi connectivity index (χ3v) is 3.14. The second-order valence-corrected chi connectivity index (χ2v) is 4.58. The van der Waals surface area contributed by atoms with Gasteiger partial charge in [-0.25, -0.2) is 4.98 Å². The highest BCUT2D eigenvalue weighted by Gasteiger charge is 2.32. The lowest BCUT2D eigenvalue weighted by molar-refractivity contribution is -0.136. The quantitative estimate of drug-likeness (QED) is 0.824. The van der Waals surface area contributed by atoms with Crippen LogP contribution in [0.4, 0.5) is 5.69 Å². The van der Waals surface area contributed by atoms with E-state index in [-0.39, 0.29) is 5.91 Å². The van der Waals surface area contributed by atoms with Crippen molar-refractivity contribution in [3.05, 3.63) is 18.3 Å². The summed E-state index contributed by atoms with van der Waals surface area (Å²) in [5.74, 6) is 0.355. The largest absolute Gasteiger partial charge is 0.481 e. The van der Waals surface area contributed by atoms with Gasteiger partial charge in [-0.2, -0.15) is 0 Å². The van der Waals surface area contributed by atoms with Crippen molar-refractivity contribution in [3.63, 3.8) is 0 Å². The molecule has 0 aliphatic rings. The molecule has 0 saturated carbocycles. The van der Waals surface area contributed by atoms with Gasteiger partial charge in [-0.3, -0.25) is 4.79 Å². The molecule has 5 nitrogen and oxygen atoms in total. The predicted octanol–water partition coefficient (Wildman–Crippen LogP) is 2.62. The van der Waals surface area contributed by atoms with Gasteiger partial charge in [0, 0.05) is 13.2 Å². The Kier molecular flexibility index (Phi) is 5.76. The van der Waals surface area contributed by atoms with E-state index in [1.165, 1.54) is 0 Å². The van der Waals surface area contributed by atoms with Crippen LogP contribution >= 0.6 is 0 Å². The number of rotatable bonds is 7. The topological polar surface area (TPSA) is 60.5 Å². The highest BCUT2D eigenvalue weighted by Crippen LogP contribution is 2.21. The minimum absolute atomic E-state index is 0.157. The zero-order chi connectivity index (χ0) is 14.3. The average Bonchev–Trinajstić information content (AvgIpc) is 2.45. The number of methoxy groups -OCH3 is 2. The molecule has 0 aliphatic carbocycles. The van der Waals surface area contributed by atoms with Crippen LogP contribution in [0, 0.1) is 0 Å². The molecule has 1 atom stereocenters. The molecule has 0 bridgehead atoms. The van der Waals surface area contributed by atoms with Gasteiger partial charge < -0.3 is 14.8 Å². The molecule has 1 aromatic rings. The summed E-state index contributed by atoms with van der Waals surface area (Å²) >= 11 is 0. The van der Waals surface area contributed by atoms with Crippen LogP contribution in [0.5, 0.6) is 5.88 Å². The standard InChI is InChI=1S/C14H22N2O3/c1-5-6-9-14(2,19-4)13(17)16-11-7-8-12(18-3)15-10-11/h7-8,10H,5-6,9H2,1-4H3,(H,16,17). The van der Waals surface area contributed by atoms with Gasteiger partial charge >= 0.3 is 0 Å². The van der Waals surface area contributed by atoms with Gasteiger partial charge in [0.15, 0.2) is 0 Å². The number of ether oxygens (including phenoxy) is 2. The fraction of sp³-hybridized carbons (Fsp3) is 0.571. The molecule has 5 heteroatoms. The van der Waals surface area contributed by atoms with E-state index in [2.05, 4.69) is 17.2 Å². The molecule has 106 valence electrons. The summed E-state index contributed by atoms with van der Waals surface area (Å²) in [6.07, 6.45) is 4.22. The van der Waals surface area contributed by atoms with Crippen LogP contribution in [0.15, 0.2) is 18.3 Å². The number of carbonyl (C=O) groups excluding carboxylic acids is 1. The molecule has 0 radical (unpaired) electrons. The smallest absolute Gasteiger partial charge is 0.256 e.